The van der Waals surface area contributed by atoms with Crippen LogP contribution in [0.1, 0.15) is 18.4 Å². The van der Waals surface area contributed by atoms with Gasteiger partial charge >= 0.3 is 0 Å². The van der Waals surface area contributed by atoms with E-state index in [1.165, 1.54) is 24.1 Å². The minimum atomic E-state index is 0.578. The van der Waals surface area contributed by atoms with E-state index in [1.54, 1.807) is 0 Å². The molecule has 27 heavy (non-hydrogen) atoms. The molecule has 5 nitrogen and oxygen atoms in total. The van der Waals surface area contributed by atoms with E-state index >= 15 is 0 Å². The molecule has 1 N–H and O–H groups in total. The second kappa shape index (κ2) is 6.72. The molecule has 0 unspecified atom stereocenters. The Morgan fingerprint density at radius 1 is 0.852 bits per heavy atom. The smallest absolute Gasteiger partial charge is 0.228 e. The Morgan fingerprint density at radius 2 is 1.56 bits per heavy atom. The molecule has 1 saturated carbocycles. The lowest BCUT2D eigenvalue weighted by atomic mass is 10.2. The van der Waals surface area contributed by atoms with Crippen molar-refractivity contribution in [2.45, 2.75) is 25.8 Å². The number of anilines is 3. The molecule has 5 rings (SSSR count). The molecule has 0 bridgehead atoms. The number of piperazine rings is 1. The van der Waals surface area contributed by atoms with Gasteiger partial charge in [0.25, 0.3) is 0 Å². The van der Waals surface area contributed by atoms with Crippen LogP contribution in [0.3, 0.4) is 0 Å². The quantitative estimate of drug-likeness (QED) is 0.767. The van der Waals surface area contributed by atoms with Crippen LogP contribution in [0.4, 0.5) is 17.5 Å². The first-order valence-electron chi connectivity index (χ1n) is 9.86. The average Bonchev–Trinajstić information content (AvgIpc) is 3.53. The summed E-state index contributed by atoms with van der Waals surface area (Å²) in [5.74, 6) is 1.83. The minimum absolute atomic E-state index is 0.578. The highest BCUT2D eigenvalue weighted by molar-refractivity contribution is 5.90. The van der Waals surface area contributed by atoms with E-state index in [4.69, 9.17) is 9.97 Å². The Balaban J connectivity index is 1.37. The van der Waals surface area contributed by atoms with Gasteiger partial charge in [-0.25, -0.2) is 4.98 Å². The molecule has 0 radical (unpaired) electrons. The molecule has 1 saturated heterocycles. The number of hydrogen-bond donors (Lipinski definition) is 1. The van der Waals surface area contributed by atoms with Crippen LogP contribution in [0.2, 0.25) is 0 Å². The van der Waals surface area contributed by atoms with E-state index in [2.05, 4.69) is 70.6 Å². The number of nitrogens with zero attached hydrogens (tertiary/aromatic N) is 4. The minimum Gasteiger partial charge on any atom is -0.368 e. The molecule has 1 aliphatic carbocycles. The standard InChI is InChI=1S/C22H25N5/c1-16-6-10-18(11-7-16)26-12-14-27(15-13-26)22-24-20-5-3-2-4-19(20)21(25-22)23-17-8-9-17/h2-7,10-11,17H,8-9,12-15H2,1H3,(H,23,24,25). The fourth-order valence-corrected chi connectivity index (χ4v) is 3.66. The number of nitrogens with one attached hydrogen (secondary N) is 1. The predicted octanol–water partition coefficient (Wildman–Crippen LogP) is 3.84. The Hall–Kier alpha value is -2.82. The third-order valence-corrected chi connectivity index (χ3v) is 5.47. The van der Waals surface area contributed by atoms with Crippen molar-refractivity contribution in [3.05, 3.63) is 54.1 Å². The Morgan fingerprint density at radius 3 is 2.30 bits per heavy atom. The van der Waals surface area contributed by atoms with Crippen LogP contribution in [-0.4, -0.2) is 42.2 Å². The van der Waals surface area contributed by atoms with Crippen molar-refractivity contribution in [1.82, 2.24) is 9.97 Å². The van der Waals surface area contributed by atoms with Crippen LogP contribution in [0.15, 0.2) is 48.5 Å². The summed E-state index contributed by atoms with van der Waals surface area (Å²) in [6.07, 6.45) is 2.48. The summed E-state index contributed by atoms with van der Waals surface area (Å²) in [5, 5.41) is 4.71. The van der Waals surface area contributed by atoms with Gasteiger partial charge in [-0.1, -0.05) is 29.8 Å². The first-order chi connectivity index (χ1) is 13.3. The summed E-state index contributed by atoms with van der Waals surface area (Å²) in [6, 6.07) is 17.7. The average molecular weight is 359 g/mol. The lowest BCUT2D eigenvalue weighted by Gasteiger charge is -2.36. The van der Waals surface area contributed by atoms with E-state index in [9.17, 15) is 0 Å². The zero-order valence-electron chi connectivity index (χ0n) is 15.7. The van der Waals surface area contributed by atoms with Crippen LogP contribution in [-0.2, 0) is 0 Å². The lowest BCUT2D eigenvalue weighted by molar-refractivity contribution is 0.641. The SMILES string of the molecule is Cc1ccc(N2CCN(c3nc(NC4CC4)c4ccccc4n3)CC2)cc1. The lowest BCUT2D eigenvalue weighted by Crippen LogP contribution is -2.47. The molecule has 138 valence electrons. The largest absolute Gasteiger partial charge is 0.368 e. The van der Waals surface area contributed by atoms with Crippen molar-refractivity contribution in [2.75, 3.05) is 41.3 Å². The van der Waals surface area contributed by atoms with Crippen LogP contribution < -0.4 is 15.1 Å². The molecule has 1 aromatic heterocycles. The number of fused-ring (bicyclic) bond motifs is 1. The molecule has 1 aliphatic heterocycles. The Bertz CT molecular complexity index is 941. The first kappa shape index (κ1) is 16.4. The third kappa shape index (κ3) is 3.42. The topological polar surface area (TPSA) is 44.3 Å². The van der Waals surface area contributed by atoms with Crippen LogP contribution in [0.25, 0.3) is 10.9 Å². The highest BCUT2D eigenvalue weighted by atomic mass is 15.3. The van der Waals surface area contributed by atoms with Gasteiger partial charge in [0.2, 0.25) is 5.95 Å². The maximum atomic E-state index is 4.90. The zero-order valence-corrected chi connectivity index (χ0v) is 15.7. The van der Waals surface area contributed by atoms with Crippen molar-refractivity contribution < 1.29 is 0 Å². The van der Waals surface area contributed by atoms with Gasteiger partial charge in [0.05, 0.1) is 5.52 Å². The Kier molecular flexibility index (Phi) is 4.07. The molecule has 5 heteroatoms. The highest BCUT2D eigenvalue weighted by Gasteiger charge is 2.24. The molecule has 2 aromatic carbocycles. The van der Waals surface area contributed by atoms with E-state index in [-0.39, 0.29) is 0 Å². The van der Waals surface area contributed by atoms with Crippen molar-refractivity contribution in [3.8, 4) is 0 Å². The fraction of sp³-hybridized carbons (Fsp3) is 0.364. The Labute approximate surface area is 160 Å². The summed E-state index contributed by atoms with van der Waals surface area (Å²) in [6.45, 7) is 5.99. The number of hydrogen-bond acceptors (Lipinski definition) is 5. The number of aryl methyl sites for hydroxylation is 1. The number of rotatable bonds is 4. The summed E-state index contributed by atoms with van der Waals surface area (Å²) in [4.78, 5) is 14.5. The number of aromatic nitrogens is 2. The third-order valence-electron chi connectivity index (χ3n) is 5.47. The van der Waals surface area contributed by atoms with E-state index < -0.39 is 0 Å². The molecule has 2 fully saturated rings. The predicted molar refractivity (Wildman–Crippen MR) is 112 cm³/mol. The van der Waals surface area contributed by atoms with E-state index in [1.807, 2.05) is 0 Å². The van der Waals surface area contributed by atoms with Crippen molar-refractivity contribution in [2.24, 2.45) is 0 Å². The molecular formula is C22H25N5. The van der Waals surface area contributed by atoms with Crippen LogP contribution in [0, 0.1) is 6.92 Å². The molecule has 3 aromatic rings. The van der Waals surface area contributed by atoms with Crippen LogP contribution >= 0.6 is 0 Å². The second-order valence-corrected chi connectivity index (χ2v) is 7.62. The molecule has 0 atom stereocenters. The zero-order chi connectivity index (χ0) is 18.2. The van der Waals surface area contributed by atoms with Crippen molar-refractivity contribution in [3.63, 3.8) is 0 Å². The summed E-state index contributed by atoms with van der Waals surface area (Å²) in [5.41, 5.74) is 3.63. The van der Waals surface area contributed by atoms with E-state index in [0.29, 0.717) is 6.04 Å². The van der Waals surface area contributed by atoms with Gasteiger partial charge in [-0.2, -0.15) is 4.98 Å². The van der Waals surface area contributed by atoms with Gasteiger partial charge in [0.1, 0.15) is 5.82 Å². The van der Waals surface area contributed by atoms with Gasteiger partial charge in [-0.15, -0.1) is 0 Å². The summed E-state index contributed by atoms with van der Waals surface area (Å²) in [7, 11) is 0. The van der Waals surface area contributed by atoms with Crippen molar-refractivity contribution >= 4 is 28.4 Å². The van der Waals surface area contributed by atoms with E-state index in [0.717, 1.165) is 48.8 Å². The van der Waals surface area contributed by atoms with Crippen molar-refractivity contribution in [1.29, 1.82) is 0 Å². The molecular weight excluding hydrogens is 334 g/mol. The summed E-state index contributed by atoms with van der Waals surface area (Å²) >= 11 is 0. The second-order valence-electron chi connectivity index (χ2n) is 7.62. The maximum absolute atomic E-state index is 4.90. The molecule has 2 heterocycles. The first-order valence-corrected chi connectivity index (χ1v) is 9.86. The van der Waals surface area contributed by atoms with Gasteiger partial charge in [-0.05, 0) is 44.0 Å². The van der Waals surface area contributed by atoms with Crippen LogP contribution in [0.5, 0.6) is 0 Å². The maximum Gasteiger partial charge on any atom is 0.228 e. The fourth-order valence-electron chi connectivity index (χ4n) is 3.66. The van der Waals surface area contributed by atoms with Gasteiger partial charge in [0, 0.05) is 43.3 Å². The van der Waals surface area contributed by atoms with Gasteiger partial charge in [0.15, 0.2) is 0 Å². The molecule has 0 spiro atoms. The molecule has 2 aliphatic rings. The number of benzene rings is 2. The number of para-hydroxylation sites is 1. The highest BCUT2D eigenvalue weighted by Crippen LogP contribution is 2.30. The van der Waals surface area contributed by atoms with Gasteiger partial charge in [-0.3, -0.25) is 0 Å². The molecule has 0 amide bonds. The summed E-state index contributed by atoms with van der Waals surface area (Å²) < 4.78 is 0. The van der Waals surface area contributed by atoms with Gasteiger partial charge < -0.3 is 15.1 Å². The monoisotopic (exact) mass is 359 g/mol. The normalized spacial score (nSPS) is 17.4.